The number of ether oxygens (including phenoxy) is 1. The van der Waals surface area contributed by atoms with E-state index >= 15 is 0 Å². The number of hydrogen-bond donors (Lipinski definition) is 1. The van der Waals surface area contributed by atoms with Crippen molar-refractivity contribution in [2.45, 2.75) is 58.5 Å². The van der Waals surface area contributed by atoms with Crippen LogP contribution < -0.4 is 15.0 Å². The molecule has 1 saturated heterocycles. The van der Waals surface area contributed by atoms with Crippen LogP contribution >= 0.6 is 0 Å². The average molecular weight is 424 g/mol. The van der Waals surface area contributed by atoms with Gasteiger partial charge >= 0.3 is 0 Å². The van der Waals surface area contributed by atoms with Gasteiger partial charge in [0.05, 0.1) is 7.11 Å². The molecule has 5 nitrogen and oxygen atoms in total. The summed E-state index contributed by atoms with van der Waals surface area (Å²) in [4.78, 5) is 17.0. The smallest absolute Gasteiger partial charge is 0.253 e. The van der Waals surface area contributed by atoms with Gasteiger partial charge in [0.1, 0.15) is 5.75 Å². The Balaban J connectivity index is 1.75. The van der Waals surface area contributed by atoms with E-state index in [-0.39, 0.29) is 5.91 Å². The van der Waals surface area contributed by atoms with Crippen LogP contribution in [0.1, 0.15) is 56.8 Å². The van der Waals surface area contributed by atoms with Gasteiger partial charge in [-0.1, -0.05) is 19.4 Å². The highest BCUT2D eigenvalue weighted by Crippen LogP contribution is 2.32. The van der Waals surface area contributed by atoms with Crippen molar-refractivity contribution in [2.24, 2.45) is 0 Å². The van der Waals surface area contributed by atoms with Crippen molar-refractivity contribution in [3.05, 3.63) is 54.1 Å². The maximum absolute atomic E-state index is 12.6. The molecule has 1 heterocycles. The number of benzene rings is 2. The van der Waals surface area contributed by atoms with Crippen LogP contribution in [0.3, 0.4) is 0 Å². The van der Waals surface area contributed by atoms with Gasteiger partial charge in [0.15, 0.2) is 0 Å². The lowest BCUT2D eigenvalue weighted by molar-refractivity contribution is 0.0773. The molecule has 3 rings (SSSR count). The molecule has 0 aromatic heterocycles. The number of methoxy groups -OCH3 is 1. The average Bonchev–Trinajstić information content (AvgIpc) is 3.30. The van der Waals surface area contributed by atoms with Crippen molar-refractivity contribution >= 4 is 17.3 Å². The predicted octanol–water partition coefficient (Wildman–Crippen LogP) is 5.43. The fraction of sp³-hybridized carbons (Fsp3) is 0.500. The summed E-state index contributed by atoms with van der Waals surface area (Å²) in [6.07, 6.45) is 4.60. The van der Waals surface area contributed by atoms with Gasteiger partial charge in [0, 0.05) is 54.7 Å². The van der Waals surface area contributed by atoms with Gasteiger partial charge in [-0.25, -0.2) is 0 Å². The monoisotopic (exact) mass is 423 g/mol. The van der Waals surface area contributed by atoms with E-state index in [2.05, 4.69) is 35.3 Å². The third-order valence-electron chi connectivity index (χ3n) is 6.28. The first kappa shape index (κ1) is 23.0. The Labute approximate surface area is 187 Å². The summed E-state index contributed by atoms with van der Waals surface area (Å²) in [6.45, 7) is 8.80. The molecule has 0 spiro atoms. The summed E-state index contributed by atoms with van der Waals surface area (Å²) < 4.78 is 5.44. The highest BCUT2D eigenvalue weighted by molar-refractivity contribution is 5.94. The number of carbonyl (C=O) groups excluding carboxylic acids is 1. The summed E-state index contributed by atoms with van der Waals surface area (Å²) in [6, 6.07) is 17.1. The molecule has 1 amide bonds. The third-order valence-corrected chi connectivity index (χ3v) is 6.28. The van der Waals surface area contributed by atoms with Crippen molar-refractivity contribution in [3.63, 3.8) is 0 Å². The Kier molecular flexibility index (Phi) is 8.21. The molecule has 0 aliphatic carbocycles. The number of rotatable bonds is 10. The number of nitrogens with zero attached hydrogens (tertiary/aromatic N) is 2. The Bertz CT molecular complexity index is 833. The summed E-state index contributed by atoms with van der Waals surface area (Å²) in [7, 11) is 1.72. The van der Waals surface area contributed by atoms with E-state index < -0.39 is 0 Å². The topological polar surface area (TPSA) is 44.8 Å². The molecular weight excluding hydrogens is 386 g/mol. The van der Waals surface area contributed by atoms with Crippen LogP contribution in [0.25, 0.3) is 0 Å². The maximum atomic E-state index is 12.6. The molecular formula is C26H37N3O2. The molecule has 168 valence electrons. The molecule has 1 fully saturated rings. The third kappa shape index (κ3) is 5.52. The number of carbonyl (C=O) groups is 1. The van der Waals surface area contributed by atoms with Gasteiger partial charge in [-0.05, 0) is 69.5 Å². The largest absolute Gasteiger partial charge is 0.497 e. The lowest BCUT2D eigenvalue weighted by Gasteiger charge is -2.34. The fourth-order valence-corrected chi connectivity index (χ4v) is 4.61. The van der Waals surface area contributed by atoms with Gasteiger partial charge in [0.2, 0.25) is 0 Å². The number of amides is 1. The Hall–Kier alpha value is -2.69. The predicted molar refractivity (Wildman–Crippen MR) is 129 cm³/mol. The molecule has 2 aromatic rings. The first-order valence-corrected chi connectivity index (χ1v) is 11.7. The van der Waals surface area contributed by atoms with Crippen LogP contribution in [-0.2, 0) is 0 Å². The van der Waals surface area contributed by atoms with E-state index in [1.807, 2.05) is 49.1 Å². The SMILES string of the molecule is CCCC(Nc1ccc(C(=O)N(CC)CC)cc1)C1CCCN1c1cccc(OC)c1. The van der Waals surface area contributed by atoms with Gasteiger partial charge in [-0.3, -0.25) is 4.79 Å². The van der Waals surface area contributed by atoms with Gasteiger partial charge in [-0.15, -0.1) is 0 Å². The number of anilines is 2. The minimum Gasteiger partial charge on any atom is -0.497 e. The molecule has 1 N–H and O–H groups in total. The standard InChI is InChI=1S/C26H37N3O2/c1-5-10-24(25-13-9-18-29(25)22-11-8-12-23(19-22)31-4)27-21-16-14-20(15-17-21)26(30)28(6-2)7-3/h8,11-12,14-17,19,24-25,27H,5-7,9-10,13,18H2,1-4H3. The maximum Gasteiger partial charge on any atom is 0.253 e. The van der Waals surface area contributed by atoms with Crippen LogP contribution in [-0.4, -0.2) is 49.6 Å². The van der Waals surface area contributed by atoms with E-state index in [0.717, 1.165) is 49.5 Å². The van der Waals surface area contributed by atoms with Crippen molar-refractivity contribution in [1.29, 1.82) is 0 Å². The van der Waals surface area contributed by atoms with Crippen LogP contribution in [0.5, 0.6) is 5.75 Å². The quantitative estimate of drug-likeness (QED) is 0.554. The van der Waals surface area contributed by atoms with E-state index in [0.29, 0.717) is 12.1 Å². The van der Waals surface area contributed by atoms with Crippen LogP contribution in [0.4, 0.5) is 11.4 Å². The number of hydrogen-bond acceptors (Lipinski definition) is 4. The highest BCUT2D eigenvalue weighted by atomic mass is 16.5. The zero-order valence-electron chi connectivity index (χ0n) is 19.4. The molecule has 1 aliphatic rings. The van der Waals surface area contributed by atoms with Crippen LogP contribution in [0.2, 0.25) is 0 Å². The second kappa shape index (κ2) is 11.1. The molecule has 2 atom stereocenters. The second-order valence-corrected chi connectivity index (χ2v) is 8.20. The van der Waals surface area contributed by atoms with Crippen molar-refractivity contribution < 1.29 is 9.53 Å². The summed E-state index contributed by atoms with van der Waals surface area (Å²) >= 11 is 0. The summed E-state index contributed by atoms with van der Waals surface area (Å²) in [5, 5.41) is 3.78. The van der Waals surface area contributed by atoms with E-state index in [9.17, 15) is 4.79 Å². The minimum absolute atomic E-state index is 0.0988. The first-order valence-electron chi connectivity index (χ1n) is 11.7. The Morgan fingerprint density at radius 1 is 1.16 bits per heavy atom. The van der Waals surface area contributed by atoms with E-state index in [4.69, 9.17) is 4.74 Å². The molecule has 0 saturated carbocycles. The van der Waals surface area contributed by atoms with Crippen molar-refractivity contribution in [3.8, 4) is 5.75 Å². The summed E-state index contributed by atoms with van der Waals surface area (Å²) in [5.41, 5.74) is 3.05. The lowest BCUT2D eigenvalue weighted by atomic mass is 9.99. The minimum atomic E-state index is 0.0988. The molecule has 2 aromatic carbocycles. The van der Waals surface area contributed by atoms with Crippen molar-refractivity contribution in [2.75, 3.05) is 37.0 Å². The molecule has 1 aliphatic heterocycles. The van der Waals surface area contributed by atoms with Crippen LogP contribution in [0.15, 0.2) is 48.5 Å². The highest BCUT2D eigenvalue weighted by Gasteiger charge is 2.31. The second-order valence-electron chi connectivity index (χ2n) is 8.20. The van der Waals surface area contributed by atoms with Crippen molar-refractivity contribution in [1.82, 2.24) is 4.90 Å². The molecule has 0 radical (unpaired) electrons. The van der Waals surface area contributed by atoms with Gasteiger partial charge in [0.25, 0.3) is 5.91 Å². The van der Waals surface area contributed by atoms with Gasteiger partial charge in [-0.2, -0.15) is 0 Å². The fourth-order valence-electron chi connectivity index (χ4n) is 4.61. The molecule has 2 unspecified atom stereocenters. The zero-order valence-corrected chi connectivity index (χ0v) is 19.4. The summed E-state index contributed by atoms with van der Waals surface area (Å²) in [5.74, 6) is 0.998. The lowest BCUT2D eigenvalue weighted by Crippen LogP contribution is -2.43. The number of nitrogens with one attached hydrogen (secondary N) is 1. The zero-order chi connectivity index (χ0) is 22.2. The molecule has 31 heavy (non-hydrogen) atoms. The van der Waals surface area contributed by atoms with E-state index in [1.165, 1.54) is 18.5 Å². The Morgan fingerprint density at radius 3 is 2.55 bits per heavy atom. The molecule has 0 bridgehead atoms. The Morgan fingerprint density at radius 2 is 1.90 bits per heavy atom. The van der Waals surface area contributed by atoms with E-state index in [1.54, 1.807) is 7.11 Å². The first-order chi connectivity index (χ1) is 15.1. The van der Waals surface area contributed by atoms with Gasteiger partial charge < -0.3 is 19.9 Å². The normalized spacial score (nSPS) is 16.8. The van der Waals surface area contributed by atoms with Crippen LogP contribution in [0, 0.1) is 0 Å². The molecule has 5 heteroatoms.